The van der Waals surface area contributed by atoms with Gasteiger partial charge >= 0.3 is 5.97 Å². The highest BCUT2D eigenvalue weighted by molar-refractivity contribution is 5.83. The Kier molecular flexibility index (Phi) is 11.5. The second kappa shape index (κ2) is 13.6. The van der Waals surface area contributed by atoms with Crippen molar-refractivity contribution in [2.24, 2.45) is 0 Å². The standard InChI is InChI=1S/C21H32O3/c1-3-5-6-7-8-9-10-11-12-13-18-23-19-14-16-20(17-15-19)24-21(22)4-2/h4,14-17H,2-3,5-13,18H2,1H3. The smallest absolute Gasteiger partial charge is 0.335 e. The van der Waals surface area contributed by atoms with Crippen LogP contribution in [0.2, 0.25) is 0 Å². The highest BCUT2D eigenvalue weighted by Crippen LogP contribution is 2.18. The zero-order chi connectivity index (χ0) is 17.5. The van der Waals surface area contributed by atoms with E-state index in [4.69, 9.17) is 9.47 Å². The summed E-state index contributed by atoms with van der Waals surface area (Å²) in [5, 5.41) is 0. The maximum absolute atomic E-state index is 11.1. The van der Waals surface area contributed by atoms with Crippen LogP contribution in [-0.4, -0.2) is 12.6 Å². The Morgan fingerprint density at radius 2 is 1.38 bits per heavy atom. The van der Waals surface area contributed by atoms with Crippen LogP contribution in [0, 0.1) is 0 Å². The van der Waals surface area contributed by atoms with E-state index in [0.717, 1.165) is 24.9 Å². The molecular formula is C21H32O3. The monoisotopic (exact) mass is 332 g/mol. The Balaban J connectivity index is 1.99. The molecule has 0 heterocycles. The van der Waals surface area contributed by atoms with Gasteiger partial charge in [0, 0.05) is 6.08 Å². The Labute approximate surface area is 147 Å². The van der Waals surface area contributed by atoms with Crippen molar-refractivity contribution in [3.8, 4) is 11.5 Å². The van der Waals surface area contributed by atoms with Gasteiger partial charge in [-0.05, 0) is 30.7 Å². The molecule has 0 saturated carbocycles. The molecule has 24 heavy (non-hydrogen) atoms. The van der Waals surface area contributed by atoms with Crippen LogP contribution >= 0.6 is 0 Å². The number of benzene rings is 1. The minimum absolute atomic E-state index is 0.450. The summed E-state index contributed by atoms with van der Waals surface area (Å²) in [6, 6.07) is 7.11. The third kappa shape index (κ3) is 10.1. The molecule has 0 amide bonds. The molecule has 0 atom stereocenters. The lowest BCUT2D eigenvalue weighted by Gasteiger charge is -2.07. The van der Waals surface area contributed by atoms with Gasteiger partial charge in [0.2, 0.25) is 0 Å². The first kappa shape index (κ1) is 20.3. The van der Waals surface area contributed by atoms with Crippen LogP contribution in [-0.2, 0) is 4.79 Å². The summed E-state index contributed by atoms with van der Waals surface area (Å²) in [5.74, 6) is 0.865. The molecule has 3 nitrogen and oxygen atoms in total. The molecule has 0 aliphatic heterocycles. The topological polar surface area (TPSA) is 35.5 Å². The number of hydrogen-bond donors (Lipinski definition) is 0. The lowest BCUT2D eigenvalue weighted by molar-refractivity contribution is -0.128. The summed E-state index contributed by atoms with van der Waals surface area (Å²) in [6.07, 6.45) is 14.4. The Bertz CT molecular complexity index is 451. The minimum Gasteiger partial charge on any atom is -0.494 e. The molecule has 0 radical (unpaired) electrons. The van der Waals surface area contributed by atoms with Crippen molar-refractivity contribution in [1.29, 1.82) is 0 Å². The van der Waals surface area contributed by atoms with Crippen molar-refractivity contribution in [1.82, 2.24) is 0 Å². The third-order valence-corrected chi connectivity index (χ3v) is 3.98. The molecule has 0 fully saturated rings. The van der Waals surface area contributed by atoms with Crippen molar-refractivity contribution >= 4 is 5.97 Å². The number of carbonyl (C=O) groups is 1. The highest BCUT2D eigenvalue weighted by atomic mass is 16.5. The molecule has 1 aromatic carbocycles. The molecule has 134 valence electrons. The van der Waals surface area contributed by atoms with Crippen LogP contribution < -0.4 is 9.47 Å². The van der Waals surface area contributed by atoms with Crippen LogP contribution in [0.4, 0.5) is 0 Å². The van der Waals surface area contributed by atoms with Gasteiger partial charge < -0.3 is 9.47 Å². The third-order valence-electron chi connectivity index (χ3n) is 3.98. The number of rotatable bonds is 14. The fourth-order valence-corrected chi connectivity index (χ4v) is 2.54. The maximum atomic E-state index is 11.1. The summed E-state index contributed by atoms with van der Waals surface area (Å²) >= 11 is 0. The van der Waals surface area contributed by atoms with E-state index < -0.39 is 5.97 Å². The average Bonchev–Trinajstić information content (AvgIpc) is 2.61. The van der Waals surface area contributed by atoms with Gasteiger partial charge in [-0.2, -0.15) is 0 Å². The van der Waals surface area contributed by atoms with Crippen LogP contribution in [0.3, 0.4) is 0 Å². The number of unbranched alkanes of at least 4 members (excludes halogenated alkanes) is 9. The van der Waals surface area contributed by atoms with E-state index in [0.29, 0.717) is 5.75 Å². The highest BCUT2D eigenvalue weighted by Gasteiger charge is 2.00. The van der Waals surface area contributed by atoms with Crippen molar-refractivity contribution in [2.45, 2.75) is 71.1 Å². The van der Waals surface area contributed by atoms with Gasteiger partial charge in [-0.25, -0.2) is 4.79 Å². The normalized spacial score (nSPS) is 10.4. The van der Waals surface area contributed by atoms with Gasteiger partial charge in [-0.15, -0.1) is 0 Å². The van der Waals surface area contributed by atoms with E-state index in [9.17, 15) is 4.79 Å². The Hall–Kier alpha value is -1.77. The molecule has 0 bridgehead atoms. The van der Waals surface area contributed by atoms with E-state index in [1.807, 2.05) is 12.1 Å². The molecule has 0 aliphatic rings. The number of ether oxygens (including phenoxy) is 2. The molecule has 0 aliphatic carbocycles. The SMILES string of the molecule is C=CC(=O)Oc1ccc(OCCCCCCCCCCCC)cc1. The lowest BCUT2D eigenvalue weighted by atomic mass is 10.1. The Morgan fingerprint density at radius 3 is 1.92 bits per heavy atom. The van der Waals surface area contributed by atoms with Gasteiger partial charge in [0.25, 0.3) is 0 Å². The first-order valence-corrected chi connectivity index (χ1v) is 9.33. The molecule has 3 heteroatoms. The molecule has 1 rings (SSSR count). The Morgan fingerprint density at radius 1 is 0.875 bits per heavy atom. The van der Waals surface area contributed by atoms with Crippen molar-refractivity contribution < 1.29 is 14.3 Å². The lowest BCUT2D eigenvalue weighted by Crippen LogP contribution is -2.03. The van der Waals surface area contributed by atoms with E-state index in [2.05, 4.69) is 13.5 Å². The maximum Gasteiger partial charge on any atom is 0.335 e. The van der Waals surface area contributed by atoms with Crippen molar-refractivity contribution in [3.63, 3.8) is 0 Å². The van der Waals surface area contributed by atoms with Crippen molar-refractivity contribution in [2.75, 3.05) is 6.61 Å². The summed E-state index contributed by atoms with van der Waals surface area (Å²) in [7, 11) is 0. The van der Waals surface area contributed by atoms with Gasteiger partial charge in [0.05, 0.1) is 6.61 Å². The number of esters is 1. The van der Waals surface area contributed by atoms with Crippen LogP contribution in [0.1, 0.15) is 71.1 Å². The van der Waals surface area contributed by atoms with Gasteiger partial charge in [0.1, 0.15) is 11.5 Å². The summed E-state index contributed by atoms with van der Waals surface area (Å²) in [4.78, 5) is 11.1. The molecular weight excluding hydrogens is 300 g/mol. The summed E-state index contributed by atoms with van der Waals surface area (Å²) in [5.41, 5.74) is 0. The van der Waals surface area contributed by atoms with Crippen LogP contribution in [0.25, 0.3) is 0 Å². The predicted octanol–water partition coefficient (Wildman–Crippen LogP) is 6.08. The molecule has 0 unspecified atom stereocenters. The zero-order valence-corrected chi connectivity index (χ0v) is 15.1. The van der Waals surface area contributed by atoms with E-state index >= 15 is 0 Å². The summed E-state index contributed by atoms with van der Waals surface area (Å²) < 4.78 is 10.7. The fourth-order valence-electron chi connectivity index (χ4n) is 2.54. The van der Waals surface area contributed by atoms with E-state index in [-0.39, 0.29) is 0 Å². The van der Waals surface area contributed by atoms with Crippen LogP contribution in [0.15, 0.2) is 36.9 Å². The number of carbonyl (C=O) groups excluding carboxylic acids is 1. The summed E-state index contributed by atoms with van der Waals surface area (Å²) in [6.45, 7) is 6.36. The quantitative estimate of drug-likeness (QED) is 0.179. The average molecular weight is 332 g/mol. The largest absolute Gasteiger partial charge is 0.494 e. The predicted molar refractivity (Wildman–Crippen MR) is 99.6 cm³/mol. The first-order chi connectivity index (χ1) is 11.8. The second-order valence-corrected chi connectivity index (χ2v) is 6.13. The first-order valence-electron chi connectivity index (χ1n) is 9.33. The molecule has 0 aromatic heterocycles. The van der Waals surface area contributed by atoms with Gasteiger partial charge in [-0.3, -0.25) is 0 Å². The van der Waals surface area contributed by atoms with Crippen LogP contribution in [0.5, 0.6) is 11.5 Å². The molecule has 0 N–H and O–H groups in total. The number of hydrogen-bond acceptors (Lipinski definition) is 3. The molecule has 1 aromatic rings. The van der Waals surface area contributed by atoms with Crippen molar-refractivity contribution in [3.05, 3.63) is 36.9 Å². The second-order valence-electron chi connectivity index (χ2n) is 6.13. The molecule has 0 spiro atoms. The zero-order valence-electron chi connectivity index (χ0n) is 15.1. The van der Waals surface area contributed by atoms with Gasteiger partial charge in [-0.1, -0.05) is 71.3 Å². The molecule has 0 saturated heterocycles. The van der Waals surface area contributed by atoms with E-state index in [1.54, 1.807) is 12.1 Å². The fraction of sp³-hybridized carbons (Fsp3) is 0.571. The van der Waals surface area contributed by atoms with Gasteiger partial charge in [0.15, 0.2) is 0 Å². The van der Waals surface area contributed by atoms with E-state index in [1.165, 1.54) is 57.8 Å². The minimum atomic E-state index is -0.450.